The third-order valence-electron chi connectivity index (χ3n) is 10.1. The van der Waals surface area contributed by atoms with E-state index in [1.165, 1.54) is 16.5 Å². The molecular weight excluding hydrogens is 667 g/mol. The van der Waals surface area contributed by atoms with Crippen molar-refractivity contribution in [3.05, 3.63) is 225 Å². The number of hydrogen-bond acceptors (Lipinski definition) is 2. The van der Waals surface area contributed by atoms with Gasteiger partial charge in [0.15, 0.2) is 0 Å². The maximum absolute atomic E-state index is 8.68. The highest BCUT2D eigenvalue weighted by atomic mass is 15.6. The highest BCUT2D eigenvalue weighted by Crippen LogP contribution is 2.45. The van der Waals surface area contributed by atoms with Crippen molar-refractivity contribution in [3.63, 3.8) is 0 Å². The lowest BCUT2D eigenvalue weighted by Crippen LogP contribution is -2.24. The van der Waals surface area contributed by atoms with Gasteiger partial charge in [-0.1, -0.05) is 171 Å². The molecule has 0 unspecified atom stereocenters. The van der Waals surface area contributed by atoms with E-state index in [1.54, 1.807) is 18.2 Å². The summed E-state index contributed by atoms with van der Waals surface area (Å²) >= 11 is 0. The fourth-order valence-electron chi connectivity index (χ4n) is 7.41. The Labute approximate surface area is 323 Å². The largest absolute Gasteiger partial charge is 0.300 e. The second-order valence-corrected chi connectivity index (χ2v) is 13.5. The molecule has 0 aliphatic carbocycles. The number of aromatic nitrogens is 1. The second-order valence-electron chi connectivity index (χ2n) is 13.5. The highest BCUT2D eigenvalue weighted by Gasteiger charge is 2.25. The van der Waals surface area contributed by atoms with E-state index in [2.05, 4.69) is 187 Å². The summed E-state index contributed by atoms with van der Waals surface area (Å²) in [6.45, 7) is 9.80. The van der Waals surface area contributed by atoms with Crippen LogP contribution in [-0.4, -0.2) is 10.4 Å². The summed E-state index contributed by atoms with van der Waals surface area (Å²) in [7, 11) is 0. The minimum Gasteiger partial charge on any atom is -0.300 e. The average molecular weight is 708 g/mol. The fraction of sp³-hybridized carbons (Fsp3) is 0.0192. The van der Waals surface area contributed by atoms with E-state index in [9.17, 15) is 0 Å². The van der Waals surface area contributed by atoms with Gasteiger partial charge in [-0.2, -0.15) is 0 Å². The number of allylic oxidation sites excluding steroid dienone is 6. The summed E-state index contributed by atoms with van der Waals surface area (Å²) in [5.41, 5.74) is 14.6. The van der Waals surface area contributed by atoms with Gasteiger partial charge in [0.25, 0.3) is 0 Å². The Balaban J connectivity index is 1.49. The van der Waals surface area contributed by atoms with Crippen molar-refractivity contribution >= 4 is 44.5 Å². The topological polar surface area (TPSA) is 32.0 Å². The standard InChI is InChI=1S/C52H41N3/c1-4-6-23-49(53)42-26-31-45(32-27-42)54(44-29-24-38(25-30-44)37(3)16-5-2)55-50-35-28-43(39-17-10-7-11-18-39)36-48(50)51-46(40-19-12-8-13-20-40)33-34-47(52(51)55)41-21-14-9-15-22-41/h4-36,53H,1-2H2,3H3/b23-6-,37-16+,53-49?. The Hall–Kier alpha value is -7.23. The normalized spacial score (nSPS) is 11.6. The summed E-state index contributed by atoms with van der Waals surface area (Å²) in [5, 5.41) is 13.3. The summed E-state index contributed by atoms with van der Waals surface area (Å²) in [5.74, 6) is 0. The highest BCUT2D eigenvalue weighted by molar-refractivity contribution is 6.20. The van der Waals surface area contributed by atoms with Gasteiger partial charge in [0.2, 0.25) is 0 Å². The minimum atomic E-state index is 0.427. The molecule has 0 aliphatic heterocycles. The predicted octanol–water partition coefficient (Wildman–Crippen LogP) is 14.1. The molecule has 0 bridgehead atoms. The Morgan fingerprint density at radius 2 is 1.11 bits per heavy atom. The van der Waals surface area contributed by atoms with Crippen LogP contribution in [0.5, 0.6) is 0 Å². The molecule has 264 valence electrons. The van der Waals surface area contributed by atoms with Crippen LogP contribution in [0.3, 0.4) is 0 Å². The van der Waals surface area contributed by atoms with Crippen LogP contribution < -0.4 is 5.01 Å². The van der Waals surface area contributed by atoms with E-state index in [0.717, 1.165) is 66.7 Å². The van der Waals surface area contributed by atoms with Crippen molar-refractivity contribution < 1.29 is 0 Å². The molecule has 3 nitrogen and oxygen atoms in total. The lowest BCUT2D eigenvalue weighted by molar-refractivity contribution is 0.887. The van der Waals surface area contributed by atoms with Gasteiger partial charge in [-0.15, -0.1) is 0 Å². The summed E-state index contributed by atoms with van der Waals surface area (Å²) in [6, 6.07) is 60.4. The quantitative estimate of drug-likeness (QED) is 0.105. The van der Waals surface area contributed by atoms with Gasteiger partial charge in [0.05, 0.1) is 28.1 Å². The number of nitrogens with one attached hydrogen (secondary N) is 1. The molecule has 1 N–H and O–H groups in total. The molecule has 3 heteroatoms. The zero-order chi connectivity index (χ0) is 37.7. The zero-order valence-electron chi connectivity index (χ0n) is 30.9. The number of hydrogen-bond donors (Lipinski definition) is 1. The van der Waals surface area contributed by atoms with Gasteiger partial charge in [-0.05, 0) is 93.9 Å². The van der Waals surface area contributed by atoms with Gasteiger partial charge >= 0.3 is 0 Å². The van der Waals surface area contributed by atoms with E-state index in [0.29, 0.717) is 5.71 Å². The van der Waals surface area contributed by atoms with Crippen LogP contribution >= 0.6 is 0 Å². The minimum absolute atomic E-state index is 0.427. The number of anilines is 2. The molecule has 0 saturated carbocycles. The third kappa shape index (κ3) is 6.76. The Bertz CT molecular complexity index is 2720. The molecule has 8 aromatic rings. The lowest BCUT2D eigenvalue weighted by atomic mass is 9.94. The van der Waals surface area contributed by atoms with Gasteiger partial charge < -0.3 is 5.41 Å². The van der Waals surface area contributed by atoms with Crippen molar-refractivity contribution in [2.24, 2.45) is 0 Å². The Kier molecular flexibility index (Phi) is 9.75. The van der Waals surface area contributed by atoms with E-state index < -0.39 is 0 Å². The monoisotopic (exact) mass is 707 g/mol. The smallest absolute Gasteiger partial charge is 0.0800 e. The van der Waals surface area contributed by atoms with Crippen molar-refractivity contribution in [1.82, 2.24) is 4.68 Å². The van der Waals surface area contributed by atoms with E-state index in [-0.39, 0.29) is 0 Å². The van der Waals surface area contributed by atoms with Crippen LogP contribution in [0.1, 0.15) is 18.1 Å². The van der Waals surface area contributed by atoms with Crippen LogP contribution in [0.2, 0.25) is 0 Å². The van der Waals surface area contributed by atoms with E-state index in [4.69, 9.17) is 5.41 Å². The maximum atomic E-state index is 8.68. The SMILES string of the molecule is C=C/C=C\C(=N)c1ccc(N(c2ccc(/C(C)=C/C=C)cc2)n2c3ccc(-c4ccccc4)cc3c3c(-c4ccccc4)ccc(-c4ccccc4)c32)cc1. The average Bonchev–Trinajstić information content (AvgIpc) is 3.58. The summed E-state index contributed by atoms with van der Waals surface area (Å²) in [6.07, 6.45) is 9.13. The van der Waals surface area contributed by atoms with E-state index in [1.807, 2.05) is 24.3 Å². The van der Waals surface area contributed by atoms with Crippen LogP contribution in [0.15, 0.2) is 213 Å². The lowest BCUT2D eigenvalue weighted by Gasteiger charge is -2.29. The van der Waals surface area contributed by atoms with E-state index >= 15 is 0 Å². The molecule has 0 fully saturated rings. The fourth-order valence-corrected chi connectivity index (χ4v) is 7.41. The molecule has 1 aromatic heterocycles. The summed E-state index contributed by atoms with van der Waals surface area (Å²) < 4.78 is 2.40. The van der Waals surface area contributed by atoms with Gasteiger partial charge in [0, 0.05) is 16.3 Å². The molecule has 55 heavy (non-hydrogen) atoms. The molecule has 0 amide bonds. The van der Waals surface area contributed by atoms with Crippen LogP contribution in [0, 0.1) is 5.41 Å². The van der Waals surface area contributed by atoms with Crippen molar-refractivity contribution in [3.8, 4) is 33.4 Å². The van der Waals surface area contributed by atoms with Gasteiger partial charge in [-0.25, -0.2) is 9.69 Å². The van der Waals surface area contributed by atoms with Gasteiger partial charge in [0.1, 0.15) is 0 Å². The van der Waals surface area contributed by atoms with Gasteiger partial charge in [-0.3, -0.25) is 0 Å². The molecule has 0 saturated heterocycles. The molecule has 0 aliphatic rings. The van der Waals surface area contributed by atoms with Crippen LogP contribution in [-0.2, 0) is 0 Å². The molecular formula is C52H41N3. The van der Waals surface area contributed by atoms with Crippen LogP contribution in [0.25, 0.3) is 60.8 Å². The van der Waals surface area contributed by atoms with Crippen molar-refractivity contribution in [1.29, 1.82) is 5.41 Å². The molecule has 0 radical (unpaired) electrons. The first kappa shape index (κ1) is 34.8. The number of fused-ring (bicyclic) bond motifs is 3. The van der Waals surface area contributed by atoms with Crippen molar-refractivity contribution in [2.75, 3.05) is 5.01 Å². The van der Waals surface area contributed by atoms with Crippen molar-refractivity contribution in [2.45, 2.75) is 6.92 Å². The first-order valence-corrected chi connectivity index (χ1v) is 18.5. The predicted molar refractivity (Wildman–Crippen MR) is 236 cm³/mol. The third-order valence-corrected chi connectivity index (χ3v) is 10.1. The molecule has 0 spiro atoms. The molecule has 0 atom stereocenters. The maximum Gasteiger partial charge on any atom is 0.0800 e. The first-order valence-electron chi connectivity index (χ1n) is 18.5. The zero-order valence-corrected chi connectivity index (χ0v) is 30.9. The number of rotatable bonds is 11. The Morgan fingerprint density at radius 1 is 0.564 bits per heavy atom. The second kappa shape index (κ2) is 15.4. The number of benzene rings is 7. The Morgan fingerprint density at radius 3 is 1.69 bits per heavy atom. The number of nitrogens with zero attached hydrogens (tertiary/aromatic N) is 2. The first-order chi connectivity index (χ1) is 27.1. The summed E-state index contributed by atoms with van der Waals surface area (Å²) in [4.78, 5) is 0. The molecule has 7 aromatic carbocycles. The molecule has 1 heterocycles. The van der Waals surface area contributed by atoms with Crippen LogP contribution in [0.4, 0.5) is 11.4 Å². The molecule has 8 rings (SSSR count).